The van der Waals surface area contributed by atoms with E-state index in [1.807, 2.05) is 42.2 Å². The van der Waals surface area contributed by atoms with Crippen molar-refractivity contribution in [2.45, 2.75) is 44.6 Å². The van der Waals surface area contributed by atoms with Crippen LogP contribution in [-0.2, 0) is 18.2 Å². The van der Waals surface area contributed by atoms with Crippen LogP contribution in [0, 0.1) is 0 Å². The Hall–Kier alpha value is -3.48. The Kier molecular flexibility index (Phi) is 4.22. The molecular weight excluding hydrogens is 400 g/mol. The molecule has 2 aliphatic rings. The van der Waals surface area contributed by atoms with Crippen molar-refractivity contribution in [2.75, 3.05) is 6.54 Å². The minimum absolute atomic E-state index is 0.232. The lowest BCUT2D eigenvalue weighted by molar-refractivity contribution is 0.131. The van der Waals surface area contributed by atoms with E-state index in [-0.39, 0.29) is 5.60 Å². The molecule has 1 aliphatic heterocycles. The van der Waals surface area contributed by atoms with E-state index in [1.165, 1.54) is 29.4 Å². The van der Waals surface area contributed by atoms with Crippen LogP contribution >= 0.6 is 0 Å². The van der Waals surface area contributed by atoms with E-state index in [0.29, 0.717) is 18.4 Å². The van der Waals surface area contributed by atoms with Crippen LogP contribution in [0.15, 0.2) is 47.6 Å². The van der Waals surface area contributed by atoms with E-state index >= 15 is 0 Å². The number of hydrogen-bond acceptors (Lipinski definition) is 5. The molecular formula is C25H26N6O. The highest BCUT2D eigenvalue weighted by Gasteiger charge is 2.29. The van der Waals surface area contributed by atoms with Crippen molar-refractivity contribution in [3.63, 3.8) is 0 Å². The van der Waals surface area contributed by atoms with Crippen LogP contribution in [0.1, 0.15) is 55.1 Å². The fourth-order valence-corrected chi connectivity index (χ4v) is 4.46. The van der Waals surface area contributed by atoms with Crippen LogP contribution in [0.5, 0.6) is 0 Å². The molecule has 32 heavy (non-hydrogen) atoms. The number of fused-ring (bicyclic) bond motifs is 1. The molecule has 162 valence electrons. The number of aliphatic imine (C=N–C) groups is 1. The highest BCUT2D eigenvalue weighted by Crippen LogP contribution is 2.45. The average molecular weight is 427 g/mol. The number of aromatic amines is 1. The number of ether oxygens (including phenoxy) is 1. The predicted octanol–water partition coefficient (Wildman–Crippen LogP) is 4.38. The number of aryl methyl sites for hydroxylation is 1. The summed E-state index contributed by atoms with van der Waals surface area (Å²) >= 11 is 0. The molecule has 2 aromatic carbocycles. The molecule has 1 fully saturated rings. The quantitative estimate of drug-likeness (QED) is 0.513. The van der Waals surface area contributed by atoms with Crippen LogP contribution in [0.2, 0.25) is 0 Å². The summed E-state index contributed by atoms with van der Waals surface area (Å²) in [6, 6.07) is 12.5. The molecule has 7 heteroatoms. The second-order valence-electron chi connectivity index (χ2n) is 9.46. The minimum Gasteiger partial charge on any atom is -0.469 e. The third kappa shape index (κ3) is 3.38. The summed E-state index contributed by atoms with van der Waals surface area (Å²) < 4.78 is 7.83. The lowest BCUT2D eigenvalue weighted by atomic mass is 9.97. The van der Waals surface area contributed by atoms with Gasteiger partial charge in [0.05, 0.1) is 18.3 Å². The molecule has 1 saturated carbocycles. The Morgan fingerprint density at radius 3 is 2.59 bits per heavy atom. The van der Waals surface area contributed by atoms with E-state index in [9.17, 15) is 0 Å². The number of rotatable bonds is 5. The van der Waals surface area contributed by atoms with Gasteiger partial charge in [-0.25, -0.2) is 9.98 Å². The monoisotopic (exact) mass is 426 g/mol. The van der Waals surface area contributed by atoms with Gasteiger partial charge in [-0.15, -0.1) is 0 Å². The van der Waals surface area contributed by atoms with Crippen LogP contribution in [-0.4, -0.2) is 43.0 Å². The Balaban J connectivity index is 1.27. The van der Waals surface area contributed by atoms with Crippen LogP contribution in [0.3, 0.4) is 0 Å². The number of H-pyrrole nitrogens is 1. The molecule has 0 atom stereocenters. The van der Waals surface area contributed by atoms with Crippen molar-refractivity contribution in [1.29, 1.82) is 0 Å². The number of benzene rings is 2. The molecule has 1 aliphatic carbocycles. The van der Waals surface area contributed by atoms with Crippen molar-refractivity contribution in [1.82, 2.24) is 25.0 Å². The SMILES string of the molecule is Cn1nc(-c2ccc(C3=NCC(C)(C)O3)cc2)nc1Cc1ccc2[nH]ncc2c1C1CC1. The predicted molar refractivity (Wildman–Crippen MR) is 124 cm³/mol. The Morgan fingerprint density at radius 2 is 1.88 bits per heavy atom. The molecule has 0 amide bonds. The standard InChI is InChI=1S/C25H26N6O/c1-25(2)14-26-24(32-25)17-8-6-16(7-9-17)23-28-21(31(3)30-23)12-18-10-11-20-19(13-27-29-20)22(18)15-4-5-15/h6-11,13,15H,4-5,12,14H2,1-3H3,(H,27,29). The second kappa shape index (κ2) is 7.02. The summed E-state index contributed by atoms with van der Waals surface area (Å²) in [5, 5.41) is 13.3. The molecule has 7 nitrogen and oxygen atoms in total. The number of nitrogens with zero attached hydrogens (tertiary/aromatic N) is 5. The zero-order valence-electron chi connectivity index (χ0n) is 18.6. The van der Waals surface area contributed by atoms with Crippen molar-refractivity contribution in [3.05, 3.63) is 65.1 Å². The first-order chi connectivity index (χ1) is 15.5. The first kappa shape index (κ1) is 19.2. The minimum atomic E-state index is -0.232. The summed E-state index contributed by atoms with van der Waals surface area (Å²) in [6.07, 6.45) is 5.21. The number of hydrogen-bond donors (Lipinski definition) is 1. The third-order valence-corrected chi connectivity index (χ3v) is 6.31. The van der Waals surface area contributed by atoms with Crippen molar-refractivity contribution < 1.29 is 4.74 Å². The number of nitrogens with one attached hydrogen (secondary N) is 1. The van der Waals surface area contributed by atoms with Gasteiger partial charge in [0.25, 0.3) is 0 Å². The Labute approximate surface area is 186 Å². The van der Waals surface area contributed by atoms with Gasteiger partial charge in [-0.2, -0.15) is 10.2 Å². The maximum absolute atomic E-state index is 5.94. The van der Waals surface area contributed by atoms with E-state index < -0.39 is 0 Å². The first-order valence-corrected chi connectivity index (χ1v) is 11.2. The smallest absolute Gasteiger partial charge is 0.216 e. The van der Waals surface area contributed by atoms with E-state index in [0.717, 1.165) is 34.7 Å². The maximum atomic E-state index is 5.94. The fourth-order valence-electron chi connectivity index (χ4n) is 4.46. The van der Waals surface area contributed by atoms with Gasteiger partial charge >= 0.3 is 0 Å². The Morgan fingerprint density at radius 1 is 1.09 bits per heavy atom. The zero-order valence-corrected chi connectivity index (χ0v) is 18.6. The summed E-state index contributed by atoms with van der Waals surface area (Å²) in [7, 11) is 1.97. The zero-order chi connectivity index (χ0) is 21.9. The summed E-state index contributed by atoms with van der Waals surface area (Å²) in [5.41, 5.74) is 5.58. The molecule has 0 saturated heterocycles. The van der Waals surface area contributed by atoms with E-state index in [1.54, 1.807) is 0 Å². The molecule has 3 heterocycles. The number of aromatic nitrogens is 5. The average Bonchev–Trinajstić information content (AvgIpc) is 3.20. The Bertz CT molecular complexity index is 1340. The maximum Gasteiger partial charge on any atom is 0.216 e. The molecule has 1 N–H and O–H groups in total. The van der Waals surface area contributed by atoms with Gasteiger partial charge in [0.1, 0.15) is 11.4 Å². The van der Waals surface area contributed by atoms with Gasteiger partial charge in [-0.3, -0.25) is 9.78 Å². The van der Waals surface area contributed by atoms with Gasteiger partial charge in [-0.05, 0) is 61.9 Å². The summed E-state index contributed by atoms with van der Waals surface area (Å²) in [4.78, 5) is 9.40. The van der Waals surface area contributed by atoms with Crippen molar-refractivity contribution in [3.8, 4) is 11.4 Å². The highest BCUT2D eigenvalue weighted by atomic mass is 16.5. The molecule has 2 aromatic heterocycles. The molecule has 0 spiro atoms. The highest BCUT2D eigenvalue weighted by molar-refractivity contribution is 5.95. The van der Waals surface area contributed by atoms with E-state index in [2.05, 4.69) is 41.2 Å². The second-order valence-corrected chi connectivity index (χ2v) is 9.46. The van der Waals surface area contributed by atoms with Crippen LogP contribution < -0.4 is 0 Å². The topological polar surface area (TPSA) is 81.0 Å². The largest absolute Gasteiger partial charge is 0.469 e. The van der Waals surface area contributed by atoms with Gasteiger partial charge < -0.3 is 4.74 Å². The van der Waals surface area contributed by atoms with Crippen LogP contribution in [0.25, 0.3) is 22.3 Å². The molecule has 0 radical (unpaired) electrons. The van der Waals surface area contributed by atoms with Crippen LogP contribution in [0.4, 0.5) is 0 Å². The first-order valence-electron chi connectivity index (χ1n) is 11.2. The van der Waals surface area contributed by atoms with Gasteiger partial charge in [-0.1, -0.05) is 18.2 Å². The van der Waals surface area contributed by atoms with E-state index in [4.69, 9.17) is 14.8 Å². The van der Waals surface area contributed by atoms with Gasteiger partial charge in [0, 0.05) is 30.0 Å². The fraction of sp³-hybridized carbons (Fsp3) is 0.360. The molecule has 6 rings (SSSR count). The van der Waals surface area contributed by atoms with Crippen molar-refractivity contribution >= 4 is 16.8 Å². The third-order valence-electron chi connectivity index (χ3n) is 6.31. The van der Waals surface area contributed by atoms with Gasteiger partial charge in [0.2, 0.25) is 5.90 Å². The normalized spacial score (nSPS) is 17.5. The molecule has 0 bridgehead atoms. The van der Waals surface area contributed by atoms with Crippen molar-refractivity contribution in [2.24, 2.45) is 12.0 Å². The molecule has 0 unspecified atom stereocenters. The summed E-state index contributed by atoms with van der Waals surface area (Å²) in [5.74, 6) is 3.04. The molecule has 4 aromatic rings. The summed E-state index contributed by atoms with van der Waals surface area (Å²) in [6.45, 7) is 4.79. The lowest BCUT2D eigenvalue weighted by Gasteiger charge is -2.17. The van der Waals surface area contributed by atoms with Gasteiger partial charge in [0.15, 0.2) is 5.82 Å². The lowest BCUT2D eigenvalue weighted by Crippen LogP contribution is -2.24.